The zero-order valence-electron chi connectivity index (χ0n) is 12.8. The lowest BCUT2D eigenvalue weighted by atomic mass is 10.1. The number of hydrogen-bond acceptors (Lipinski definition) is 6. The Hall–Kier alpha value is -2.27. The molecule has 11 heteroatoms. The van der Waals surface area contributed by atoms with Crippen molar-refractivity contribution < 1.29 is 32.5 Å². The SMILES string of the molecule is N=S(=O)(c1ccccc1)[C@@H]1CC[C@@H]2CN1C(=O)N2OC(F)(F)C(=O)[O-]. The minimum Gasteiger partial charge on any atom is -0.542 e. The van der Waals surface area contributed by atoms with E-state index < -0.39 is 39.3 Å². The maximum absolute atomic E-state index is 13.2. The molecule has 1 N–H and O–H groups in total. The summed E-state index contributed by atoms with van der Waals surface area (Å²) in [5.41, 5.74) is 0. The number of benzene rings is 1. The van der Waals surface area contributed by atoms with Gasteiger partial charge in [-0.2, -0.15) is 18.7 Å². The molecule has 2 fully saturated rings. The molecule has 1 aromatic rings. The topological polar surface area (TPSA) is 114 Å². The zero-order valence-corrected chi connectivity index (χ0v) is 13.6. The summed E-state index contributed by atoms with van der Waals surface area (Å²) in [6.07, 6.45) is -4.37. The molecular formula is C14H14F2N3O5S-. The Labute approximate surface area is 141 Å². The molecule has 8 nitrogen and oxygen atoms in total. The number of carboxylic acid groups (broad SMARTS) is 1. The number of alkyl halides is 2. The van der Waals surface area contributed by atoms with Crippen LogP contribution in [0, 0.1) is 4.78 Å². The average Bonchev–Trinajstić information content (AvgIpc) is 2.79. The molecule has 136 valence electrons. The molecule has 0 saturated carbocycles. The zero-order chi connectivity index (χ0) is 18.4. The summed E-state index contributed by atoms with van der Waals surface area (Å²) in [6, 6.07) is 6.06. The first-order chi connectivity index (χ1) is 11.6. The molecule has 0 radical (unpaired) electrons. The third-order valence-electron chi connectivity index (χ3n) is 4.19. The predicted octanol–water partition coefficient (Wildman–Crippen LogP) is 0.593. The van der Waals surface area contributed by atoms with Crippen LogP contribution in [0.2, 0.25) is 0 Å². The lowest BCUT2D eigenvalue weighted by Crippen LogP contribution is -2.49. The van der Waals surface area contributed by atoms with E-state index in [0.717, 1.165) is 4.90 Å². The number of nitrogens with one attached hydrogen (secondary N) is 1. The Kier molecular flexibility index (Phi) is 4.15. The number of hydrogen-bond donors (Lipinski definition) is 1. The first-order valence-corrected chi connectivity index (χ1v) is 8.97. The van der Waals surface area contributed by atoms with Gasteiger partial charge in [0.1, 0.15) is 11.3 Å². The number of carbonyl (C=O) groups is 2. The lowest BCUT2D eigenvalue weighted by molar-refractivity contribution is -0.394. The number of nitrogens with zero attached hydrogens (tertiary/aromatic N) is 2. The summed E-state index contributed by atoms with van der Waals surface area (Å²) >= 11 is 0. The van der Waals surface area contributed by atoms with Crippen molar-refractivity contribution in [3.05, 3.63) is 30.3 Å². The van der Waals surface area contributed by atoms with E-state index in [4.69, 9.17) is 4.78 Å². The van der Waals surface area contributed by atoms with Gasteiger partial charge in [-0.1, -0.05) is 18.2 Å². The molecule has 2 bridgehead atoms. The second-order valence-electron chi connectivity index (χ2n) is 5.76. The second kappa shape index (κ2) is 5.92. The highest BCUT2D eigenvalue weighted by Crippen LogP contribution is 2.36. The minimum atomic E-state index is -4.66. The summed E-state index contributed by atoms with van der Waals surface area (Å²) in [7, 11) is -3.41. The fourth-order valence-corrected chi connectivity index (χ4v) is 4.88. The van der Waals surface area contributed by atoms with Crippen molar-refractivity contribution in [1.29, 1.82) is 4.78 Å². The molecule has 3 rings (SSSR count). The normalized spacial score (nSPS) is 25.8. The van der Waals surface area contributed by atoms with Gasteiger partial charge >= 0.3 is 12.1 Å². The number of urea groups is 1. The Balaban J connectivity index is 1.86. The van der Waals surface area contributed by atoms with Crippen molar-refractivity contribution in [1.82, 2.24) is 9.96 Å². The first kappa shape index (κ1) is 17.5. The number of hydroxylamine groups is 2. The van der Waals surface area contributed by atoms with Gasteiger partial charge in [-0.3, -0.25) is 0 Å². The van der Waals surface area contributed by atoms with Gasteiger partial charge in [0.2, 0.25) is 0 Å². The number of carboxylic acids is 1. The minimum absolute atomic E-state index is 0.0741. The molecule has 0 aromatic heterocycles. The molecule has 2 aliphatic heterocycles. The van der Waals surface area contributed by atoms with Crippen molar-refractivity contribution in [2.24, 2.45) is 0 Å². The fourth-order valence-electron chi connectivity index (χ4n) is 3.00. The quantitative estimate of drug-likeness (QED) is 0.810. The van der Waals surface area contributed by atoms with Crippen LogP contribution >= 0.6 is 0 Å². The Morgan fingerprint density at radius 2 is 1.96 bits per heavy atom. The highest BCUT2D eigenvalue weighted by Gasteiger charge is 2.52. The maximum Gasteiger partial charge on any atom is 0.417 e. The van der Waals surface area contributed by atoms with Gasteiger partial charge in [0.15, 0.2) is 0 Å². The smallest absolute Gasteiger partial charge is 0.417 e. The first-order valence-electron chi connectivity index (χ1n) is 7.35. The van der Waals surface area contributed by atoms with Crippen LogP contribution in [0.1, 0.15) is 12.8 Å². The summed E-state index contributed by atoms with van der Waals surface area (Å²) in [4.78, 5) is 28.1. The van der Waals surface area contributed by atoms with Crippen LogP contribution in [0.4, 0.5) is 13.6 Å². The van der Waals surface area contributed by atoms with E-state index in [2.05, 4.69) is 4.84 Å². The summed E-state index contributed by atoms with van der Waals surface area (Å²) < 4.78 is 47.6. The van der Waals surface area contributed by atoms with Gasteiger partial charge in [0.25, 0.3) is 0 Å². The van der Waals surface area contributed by atoms with Crippen LogP contribution in [0.25, 0.3) is 0 Å². The van der Waals surface area contributed by atoms with Crippen LogP contribution in [-0.2, 0) is 19.4 Å². The van der Waals surface area contributed by atoms with E-state index in [9.17, 15) is 27.7 Å². The third-order valence-corrected chi connectivity index (χ3v) is 6.42. The third kappa shape index (κ3) is 2.93. The molecule has 2 amide bonds. The van der Waals surface area contributed by atoms with Crippen LogP contribution in [0.5, 0.6) is 0 Å². The van der Waals surface area contributed by atoms with Gasteiger partial charge in [-0.15, -0.1) is 0 Å². The van der Waals surface area contributed by atoms with Crippen LogP contribution in [0.15, 0.2) is 35.2 Å². The number of amides is 2. The molecule has 2 saturated heterocycles. The number of halogens is 2. The van der Waals surface area contributed by atoms with E-state index in [1.165, 1.54) is 12.1 Å². The number of piperidine rings is 1. The van der Waals surface area contributed by atoms with E-state index in [1.807, 2.05) is 0 Å². The molecule has 0 spiro atoms. The van der Waals surface area contributed by atoms with E-state index in [1.54, 1.807) is 18.2 Å². The van der Waals surface area contributed by atoms with Gasteiger partial charge in [0, 0.05) is 11.4 Å². The highest BCUT2D eigenvalue weighted by molar-refractivity contribution is 7.93. The van der Waals surface area contributed by atoms with Crippen molar-refractivity contribution >= 4 is 21.7 Å². The van der Waals surface area contributed by atoms with Crippen LogP contribution < -0.4 is 5.11 Å². The standard InChI is InChI=1S/C14H15F2N3O5S/c15-14(16,12(20)21)24-19-9-6-7-11(18(8-9)13(19)22)25(17,23)10-4-2-1-3-5-10/h1-5,9,11,17H,6-8H2,(H,20,21)/p-1/t9-,11-,25?/m1/s1. The highest BCUT2D eigenvalue weighted by atomic mass is 32.2. The maximum atomic E-state index is 13.2. The molecule has 3 atom stereocenters. The van der Waals surface area contributed by atoms with Crippen molar-refractivity contribution in [3.8, 4) is 0 Å². The van der Waals surface area contributed by atoms with Crippen molar-refractivity contribution in [2.75, 3.05) is 6.54 Å². The van der Waals surface area contributed by atoms with Crippen LogP contribution in [0.3, 0.4) is 0 Å². The Bertz CT molecular complexity index is 802. The summed E-state index contributed by atoms with van der Waals surface area (Å²) in [6.45, 7) is -0.0741. The van der Waals surface area contributed by atoms with Gasteiger partial charge in [0.05, 0.1) is 15.8 Å². The fraction of sp³-hybridized carbons (Fsp3) is 0.429. The van der Waals surface area contributed by atoms with Gasteiger partial charge < -0.3 is 14.8 Å². The molecule has 25 heavy (non-hydrogen) atoms. The van der Waals surface area contributed by atoms with Crippen molar-refractivity contribution in [2.45, 2.75) is 35.3 Å². The molecule has 2 heterocycles. The average molecular weight is 374 g/mol. The van der Waals surface area contributed by atoms with Crippen LogP contribution in [-0.4, -0.2) is 50.2 Å². The molecular weight excluding hydrogens is 360 g/mol. The van der Waals surface area contributed by atoms with E-state index >= 15 is 0 Å². The van der Waals surface area contributed by atoms with Gasteiger partial charge in [-0.05, 0) is 25.0 Å². The number of rotatable bonds is 5. The molecule has 1 unspecified atom stereocenters. The Morgan fingerprint density at radius 1 is 1.32 bits per heavy atom. The van der Waals surface area contributed by atoms with Gasteiger partial charge in [-0.25, -0.2) is 13.8 Å². The number of aliphatic carboxylic acids is 1. The number of carbonyl (C=O) groups excluding carboxylic acids is 2. The number of fused-ring (bicyclic) bond motifs is 2. The van der Waals surface area contributed by atoms with E-state index in [-0.39, 0.29) is 29.3 Å². The predicted molar refractivity (Wildman–Crippen MR) is 77.4 cm³/mol. The summed E-state index contributed by atoms with van der Waals surface area (Å²) in [5.74, 6) is -2.76. The van der Waals surface area contributed by atoms with Crippen molar-refractivity contribution in [3.63, 3.8) is 0 Å². The molecule has 2 aliphatic rings. The second-order valence-corrected chi connectivity index (χ2v) is 7.97. The lowest BCUT2D eigenvalue weighted by Gasteiger charge is -2.31. The summed E-state index contributed by atoms with van der Waals surface area (Å²) in [5, 5.41) is 9.68. The molecule has 1 aromatic carbocycles. The molecule has 0 aliphatic carbocycles. The largest absolute Gasteiger partial charge is 0.542 e. The van der Waals surface area contributed by atoms with E-state index in [0.29, 0.717) is 0 Å². The monoisotopic (exact) mass is 374 g/mol. The Morgan fingerprint density at radius 3 is 2.56 bits per heavy atom.